The first-order chi connectivity index (χ1) is 18.2. The Hall–Kier alpha value is -4.39. The van der Waals surface area contributed by atoms with E-state index in [1.807, 2.05) is 107 Å². The molecule has 1 aromatic heterocycles. The Morgan fingerprint density at radius 2 is 1.61 bits per heavy atom. The first-order valence-electron chi connectivity index (χ1n) is 12.8. The zero-order valence-electron chi connectivity index (χ0n) is 22.7. The fourth-order valence-corrected chi connectivity index (χ4v) is 4.39. The number of rotatable bonds is 8. The molecule has 0 bridgehead atoms. The van der Waals surface area contributed by atoms with Crippen LogP contribution < -0.4 is 10.6 Å². The van der Waals surface area contributed by atoms with Crippen LogP contribution in [-0.2, 0) is 4.79 Å². The largest absolute Gasteiger partial charge is 0.322 e. The van der Waals surface area contributed by atoms with Gasteiger partial charge in [0.15, 0.2) is 0 Å². The molecule has 3 amide bonds. The highest BCUT2D eigenvalue weighted by molar-refractivity contribution is 5.97. The van der Waals surface area contributed by atoms with E-state index >= 15 is 0 Å². The molecule has 3 aromatic carbocycles. The summed E-state index contributed by atoms with van der Waals surface area (Å²) in [5, 5.41) is 10.8. The Bertz CT molecular complexity index is 1430. The third kappa shape index (κ3) is 6.68. The maximum absolute atomic E-state index is 13.3. The minimum absolute atomic E-state index is 0.0887. The summed E-state index contributed by atoms with van der Waals surface area (Å²) in [7, 11) is 0. The van der Waals surface area contributed by atoms with Crippen LogP contribution in [-0.4, -0.2) is 39.7 Å². The van der Waals surface area contributed by atoms with Crippen LogP contribution in [0.2, 0.25) is 0 Å². The van der Waals surface area contributed by atoms with Gasteiger partial charge in [-0.1, -0.05) is 74.0 Å². The quantitative estimate of drug-likeness (QED) is 0.281. The molecule has 0 fully saturated rings. The van der Waals surface area contributed by atoms with Gasteiger partial charge in [-0.2, -0.15) is 5.10 Å². The van der Waals surface area contributed by atoms with Gasteiger partial charge in [-0.05, 0) is 56.0 Å². The number of carbonyl (C=O) groups excluding carboxylic acids is 2. The summed E-state index contributed by atoms with van der Waals surface area (Å²) in [4.78, 5) is 28.0. The van der Waals surface area contributed by atoms with Crippen molar-refractivity contribution in [2.75, 3.05) is 23.7 Å². The molecule has 4 aromatic rings. The average Bonchev–Trinajstić information content (AvgIpc) is 3.27. The van der Waals surface area contributed by atoms with Crippen LogP contribution in [0.25, 0.3) is 16.9 Å². The number of carbonyl (C=O) groups is 2. The number of anilines is 2. The van der Waals surface area contributed by atoms with E-state index in [9.17, 15) is 9.59 Å². The zero-order valence-corrected chi connectivity index (χ0v) is 22.7. The number of nitrogens with zero attached hydrogens (tertiary/aromatic N) is 3. The van der Waals surface area contributed by atoms with Gasteiger partial charge in [0.25, 0.3) is 0 Å². The lowest BCUT2D eigenvalue weighted by atomic mass is 10.1. The maximum atomic E-state index is 13.3. The summed E-state index contributed by atoms with van der Waals surface area (Å²) in [6.07, 6.45) is 0. The van der Waals surface area contributed by atoms with Crippen molar-refractivity contribution in [3.05, 3.63) is 95.6 Å². The molecule has 0 aliphatic heterocycles. The molecule has 7 heteroatoms. The van der Waals surface area contributed by atoms with Crippen LogP contribution in [0.4, 0.5) is 16.3 Å². The molecule has 0 radical (unpaired) electrons. The summed E-state index contributed by atoms with van der Waals surface area (Å²) < 4.78 is 1.76. The monoisotopic (exact) mass is 509 g/mol. The van der Waals surface area contributed by atoms with Crippen molar-refractivity contribution < 1.29 is 9.59 Å². The Kier molecular flexibility index (Phi) is 8.26. The summed E-state index contributed by atoms with van der Waals surface area (Å²) in [6, 6.07) is 25.1. The lowest BCUT2D eigenvalue weighted by Crippen LogP contribution is -2.42. The molecule has 7 nitrogen and oxygen atoms in total. The molecule has 0 aliphatic rings. The van der Waals surface area contributed by atoms with Crippen molar-refractivity contribution in [3.63, 3.8) is 0 Å². The van der Waals surface area contributed by atoms with Crippen LogP contribution in [0.15, 0.2) is 78.9 Å². The van der Waals surface area contributed by atoms with Gasteiger partial charge in [-0.25, -0.2) is 9.48 Å². The van der Waals surface area contributed by atoms with Crippen molar-refractivity contribution >= 4 is 23.4 Å². The van der Waals surface area contributed by atoms with E-state index in [0.717, 1.165) is 33.6 Å². The summed E-state index contributed by atoms with van der Waals surface area (Å²) >= 11 is 0. The van der Waals surface area contributed by atoms with Crippen LogP contribution in [0.1, 0.15) is 30.5 Å². The molecule has 0 spiro atoms. The molecule has 0 saturated carbocycles. The minimum atomic E-state index is -0.313. The van der Waals surface area contributed by atoms with Crippen LogP contribution >= 0.6 is 0 Å². The molecule has 0 atom stereocenters. The molecule has 0 aliphatic carbocycles. The molecule has 0 saturated heterocycles. The normalized spacial score (nSPS) is 10.9. The maximum Gasteiger partial charge on any atom is 0.322 e. The highest BCUT2D eigenvalue weighted by Crippen LogP contribution is 2.26. The first kappa shape index (κ1) is 26.7. The molecule has 196 valence electrons. The summed E-state index contributed by atoms with van der Waals surface area (Å²) in [5.41, 5.74) is 6.51. The second-order valence-electron chi connectivity index (χ2n) is 10.1. The molecule has 1 heterocycles. The van der Waals surface area contributed by atoms with Crippen molar-refractivity contribution in [2.45, 2.75) is 34.6 Å². The highest BCUT2D eigenvalue weighted by atomic mass is 16.2. The van der Waals surface area contributed by atoms with E-state index in [4.69, 9.17) is 5.10 Å². The molecule has 38 heavy (non-hydrogen) atoms. The lowest BCUT2D eigenvalue weighted by molar-refractivity contribution is -0.116. The Balaban J connectivity index is 1.59. The van der Waals surface area contributed by atoms with Crippen LogP contribution in [0.3, 0.4) is 0 Å². The van der Waals surface area contributed by atoms with Crippen molar-refractivity contribution in [2.24, 2.45) is 5.92 Å². The Morgan fingerprint density at radius 3 is 2.29 bits per heavy atom. The van der Waals surface area contributed by atoms with Crippen molar-refractivity contribution in [1.29, 1.82) is 0 Å². The van der Waals surface area contributed by atoms with Gasteiger partial charge < -0.3 is 15.5 Å². The molecule has 0 unspecified atom stereocenters. The van der Waals surface area contributed by atoms with Crippen molar-refractivity contribution in [1.82, 2.24) is 14.7 Å². The fourth-order valence-electron chi connectivity index (χ4n) is 4.39. The average molecular weight is 510 g/mol. The third-order valence-corrected chi connectivity index (χ3v) is 6.10. The van der Waals surface area contributed by atoms with E-state index < -0.39 is 0 Å². The van der Waals surface area contributed by atoms with Gasteiger partial charge in [0, 0.05) is 23.9 Å². The summed E-state index contributed by atoms with van der Waals surface area (Å²) in [6.45, 7) is 10.4. The first-order valence-corrected chi connectivity index (χ1v) is 12.8. The van der Waals surface area contributed by atoms with E-state index in [-0.39, 0.29) is 24.4 Å². The third-order valence-electron chi connectivity index (χ3n) is 6.10. The van der Waals surface area contributed by atoms with Crippen molar-refractivity contribution in [3.8, 4) is 16.9 Å². The molecular formula is C31H35N5O2. The summed E-state index contributed by atoms with van der Waals surface area (Å²) in [5.74, 6) is 0.441. The predicted molar refractivity (Wildman–Crippen MR) is 154 cm³/mol. The number of amides is 3. The standard InChI is InChI=1S/C31H35N5O2/c1-21(2)19-35(31(38)32-26-13-9-10-22(3)17-26)20-30(37)33-29-18-27(25-11-7-6-8-12-25)34-36(29)28-15-14-23(4)16-24(28)5/h6-18,21H,19-20H2,1-5H3,(H,32,38)(H,33,37). The van der Waals surface area contributed by atoms with Crippen LogP contribution in [0, 0.1) is 26.7 Å². The zero-order chi connectivity index (χ0) is 27.2. The van der Waals surface area contributed by atoms with Gasteiger partial charge in [0.1, 0.15) is 12.4 Å². The topological polar surface area (TPSA) is 79.3 Å². The molecular weight excluding hydrogens is 474 g/mol. The molecule has 2 N–H and O–H groups in total. The van der Waals surface area contributed by atoms with E-state index in [1.165, 1.54) is 4.90 Å². The van der Waals surface area contributed by atoms with Gasteiger partial charge in [-0.3, -0.25) is 4.79 Å². The van der Waals surface area contributed by atoms with Crippen LogP contribution in [0.5, 0.6) is 0 Å². The van der Waals surface area contributed by atoms with Gasteiger partial charge in [0.2, 0.25) is 5.91 Å². The smallest absolute Gasteiger partial charge is 0.315 e. The fraction of sp³-hybridized carbons (Fsp3) is 0.258. The second kappa shape index (κ2) is 11.8. The SMILES string of the molecule is Cc1cccc(NC(=O)N(CC(=O)Nc2cc(-c3ccccc3)nn2-c2ccc(C)cc2C)CC(C)C)c1. The van der Waals surface area contributed by atoms with Gasteiger partial charge in [-0.15, -0.1) is 0 Å². The number of hydrogen-bond donors (Lipinski definition) is 2. The van der Waals surface area contributed by atoms with Gasteiger partial charge in [0.05, 0.1) is 11.4 Å². The number of aromatic nitrogens is 2. The van der Waals surface area contributed by atoms with E-state index in [0.29, 0.717) is 18.1 Å². The number of benzene rings is 3. The second-order valence-corrected chi connectivity index (χ2v) is 10.1. The number of aryl methyl sites for hydroxylation is 3. The Morgan fingerprint density at radius 1 is 0.868 bits per heavy atom. The molecule has 4 rings (SSSR count). The highest BCUT2D eigenvalue weighted by Gasteiger charge is 2.21. The minimum Gasteiger partial charge on any atom is -0.315 e. The number of urea groups is 1. The van der Waals surface area contributed by atoms with E-state index in [2.05, 4.69) is 16.7 Å². The Labute approximate surface area is 224 Å². The lowest BCUT2D eigenvalue weighted by Gasteiger charge is -2.24. The number of hydrogen-bond acceptors (Lipinski definition) is 3. The number of nitrogens with one attached hydrogen (secondary N) is 2. The van der Waals surface area contributed by atoms with E-state index in [1.54, 1.807) is 4.68 Å². The predicted octanol–water partition coefficient (Wildman–Crippen LogP) is 6.59. The van der Waals surface area contributed by atoms with Gasteiger partial charge >= 0.3 is 6.03 Å².